The van der Waals surface area contributed by atoms with Crippen LogP contribution in [0.2, 0.25) is 0 Å². The second kappa shape index (κ2) is 8.78. The smallest absolute Gasteiger partial charge is 0.326 e. The number of rotatable bonds is 6. The number of nitrogens with one attached hydrogen (secondary N) is 1. The van der Waals surface area contributed by atoms with Crippen LogP contribution < -0.4 is 5.32 Å². The molecule has 2 amide bonds. The van der Waals surface area contributed by atoms with E-state index in [1.807, 2.05) is 12.1 Å². The van der Waals surface area contributed by atoms with Crippen LogP contribution in [0.5, 0.6) is 0 Å². The number of nitrogens with zero attached hydrogens (tertiary/aromatic N) is 1. The Hall–Kier alpha value is -2.02. The van der Waals surface area contributed by atoms with Crippen LogP contribution >= 0.6 is 11.8 Å². The predicted molar refractivity (Wildman–Crippen MR) is 105 cm³/mol. The zero-order chi connectivity index (χ0) is 19.4. The van der Waals surface area contributed by atoms with Crippen molar-refractivity contribution in [3.05, 3.63) is 35.4 Å². The highest BCUT2D eigenvalue weighted by Gasteiger charge is 2.36. The minimum Gasteiger partial charge on any atom is -0.480 e. The zero-order valence-corrected chi connectivity index (χ0v) is 16.3. The molecule has 3 unspecified atom stereocenters. The van der Waals surface area contributed by atoms with Gasteiger partial charge in [0.15, 0.2) is 0 Å². The molecule has 2 N–H and O–H groups in total. The Morgan fingerprint density at radius 3 is 2.85 bits per heavy atom. The molecule has 0 radical (unpaired) electrons. The first kappa shape index (κ1) is 19.7. The van der Waals surface area contributed by atoms with E-state index in [4.69, 9.17) is 0 Å². The van der Waals surface area contributed by atoms with Gasteiger partial charge in [-0.1, -0.05) is 31.2 Å². The Labute approximate surface area is 163 Å². The van der Waals surface area contributed by atoms with Crippen LogP contribution in [0.3, 0.4) is 0 Å². The van der Waals surface area contributed by atoms with Gasteiger partial charge in [-0.2, -0.15) is 0 Å². The molecule has 7 heteroatoms. The molecule has 1 aliphatic heterocycles. The van der Waals surface area contributed by atoms with Gasteiger partial charge in [-0.25, -0.2) is 4.79 Å². The fourth-order valence-electron chi connectivity index (χ4n) is 3.98. The second-order valence-electron chi connectivity index (χ2n) is 7.16. The molecule has 3 atom stereocenters. The maximum Gasteiger partial charge on any atom is 0.326 e. The molecule has 0 spiro atoms. The third kappa shape index (κ3) is 4.46. The van der Waals surface area contributed by atoms with E-state index >= 15 is 0 Å². The average Bonchev–Trinajstić information content (AvgIpc) is 3.17. The summed E-state index contributed by atoms with van der Waals surface area (Å²) < 4.78 is 0. The van der Waals surface area contributed by atoms with Crippen LogP contribution in [0, 0.1) is 0 Å². The van der Waals surface area contributed by atoms with E-state index in [-0.39, 0.29) is 17.7 Å². The van der Waals surface area contributed by atoms with Gasteiger partial charge in [-0.15, -0.1) is 11.8 Å². The maximum atomic E-state index is 12.7. The van der Waals surface area contributed by atoms with Crippen LogP contribution in [-0.2, 0) is 20.8 Å². The number of benzene rings is 1. The van der Waals surface area contributed by atoms with Crippen LogP contribution in [0.25, 0.3) is 0 Å². The van der Waals surface area contributed by atoms with Gasteiger partial charge in [-0.05, 0) is 42.7 Å². The molecule has 27 heavy (non-hydrogen) atoms. The third-order valence-corrected chi connectivity index (χ3v) is 6.45. The van der Waals surface area contributed by atoms with Crippen molar-refractivity contribution in [1.82, 2.24) is 10.2 Å². The average molecular weight is 391 g/mol. The molecule has 0 saturated carbocycles. The molecule has 3 rings (SSSR count). The van der Waals surface area contributed by atoms with Crippen LogP contribution in [0.1, 0.15) is 49.7 Å². The Balaban J connectivity index is 1.69. The van der Waals surface area contributed by atoms with Gasteiger partial charge in [0.25, 0.3) is 0 Å². The lowest BCUT2D eigenvalue weighted by molar-refractivity contribution is -0.144. The standard InChI is InChI=1S/C20H26N2O4S/c1-2-18(23)22-12-27-11-17(22)19(24)21-16(20(25)26)10-14-8-5-7-13-6-3-4-9-15(13)14/h3-4,6,9,14,16-17H,2,5,7-8,10-12H2,1H3,(H,21,24)(H,25,26). The van der Waals surface area contributed by atoms with Crippen molar-refractivity contribution in [2.24, 2.45) is 0 Å². The van der Waals surface area contributed by atoms with Crippen molar-refractivity contribution in [3.63, 3.8) is 0 Å². The molecule has 0 bridgehead atoms. The fourth-order valence-corrected chi connectivity index (χ4v) is 5.16. The quantitative estimate of drug-likeness (QED) is 0.779. The van der Waals surface area contributed by atoms with E-state index in [1.54, 1.807) is 11.8 Å². The first-order chi connectivity index (χ1) is 13.0. The minimum absolute atomic E-state index is 0.0757. The van der Waals surface area contributed by atoms with Gasteiger partial charge in [0.2, 0.25) is 11.8 Å². The Bertz CT molecular complexity index is 724. The van der Waals surface area contributed by atoms with Crippen LogP contribution in [-0.4, -0.2) is 51.5 Å². The highest BCUT2D eigenvalue weighted by Crippen LogP contribution is 2.34. The van der Waals surface area contributed by atoms with Crippen molar-refractivity contribution in [3.8, 4) is 0 Å². The first-order valence-corrected chi connectivity index (χ1v) is 10.6. The highest BCUT2D eigenvalue weighted by molar-refractivity contribution is 7.99. The number of hydrogen-bond acceptors (Lipinski definition) is 4. The summed E-state index contributed by atoms with van der Waals surface area (Å²) in [5.74, 6) is -0.339. The first-order valence-electron chi connectivity index (χ1n) is 9.49. The van der Waals surface area contributed by atoms with Crippen molar-refractivity contribution < 1.29 is 19.5 Å². The van der Waals surface area contributed by atoms with Gasteiger partial charge < -0.3 is 15.3 Å². The molecule has 0 aromatic heterocycles. The Morgan fingerprint density at radius 1 is 1.33 bits per heavy atom. The second-order valence-corrected chi connectivity index (χ2v) is 8.16. The summed E-state index contributed by atoms with van der Waals surface area (Å²) in [6.45, 7) is 1.76. The summed E-state index contributed by atoms with van der Waals surface area (Å²) in [5.41, 5.74) is 2.47. The van der Waals surface area contributed by atoms with E-state index < -0.39 is 18.1 Å². The topological polar surface area (TPSA) is 86.7 Å². The number of fused-ring (bicyclic) bond motifs is 1. The molecular formula is C20H26N2O4S. The summed E-state index contributed by atoms with van der Waals surface area (Å²) in [5, 5.41) is 12.4. The number of carboxylic acid groups (broad SMARTS) is 1. The normalized spacial score (nSPS) is 22.8. The number of carbonyl (C=O) groups excluding carboxylic acids is 2. The van der Waals surface area contributed by atoms with Crippen molar-refractivity contribution in [1.29, 1.82) is 0 Å². The van der Waals surface area contributed by atoms with Gasteiger partial charge in [0.1, 0.15) is 12.1 Å². The third-order valence-electron chi connectivity index (χ3n) is 5.44. The number of aryl methyl sites for hydroxylation is 1. The van der Waals surface area contributed by atoms with Gasteiger partial charge in [0.05, 0.1) is 5.88 Å². The maximum absolute atomic E-state index is 12.7. The van der Waals surface area contributed by atoms with Crippen LogP contribution in [0.15, 0.2) is 24.3 Å². The lowest BCUT2D eigenvalue weighted by Gasteiger charge is -2.29. The number of hydrogen-bond donors (Lipinski definition) is 2. The lowest BCUT2D eigenvalue weighted by Crippen LogP contribution is -2.52. The summed E-state index contributed by atoms with van der Waals surface area (Å²) in [6, 6.07) is 6.62. The molecule has 2 aliphatic rings. The summed E-state index contributed by atoms with van der Waals surface area (Å²) in [7, 11) is 0. The number of amides is 2. The molecule has 1 fully saturated rings. The fraction of sp³-hybridized carbons (Fsp3) is 0.550. The Morgan fingerprint density at radius 2 is 2.11 bits per heavy atom. The van der Waals surface area contributed by atoms with Crippen molar-refractivity contribution >= 4 is 29.5 Å². The van der Waals surface area contributed by atoms with E-state index in [0.717, 1.165) is 19.3 Å². The number of aliphatic carboxylic acids is 1. The van der Waals surface area contributed by atoms with Crippen molar-refractivity contribution in [2.45, 2.75) is 57.0 Å². The molecule has 1 aromatic rings. The molecule has 1 aliphatic carbocycles. The lowest BCUT2D eigenvalue weighted by atomic mass is 9.79. The van der Waals surface area contributed by atoms with E-state index in [2.05, 4.69) is 17.4 Å². The number of carbonyl (C=O) groups is 3. The monoisotopic (exact) mass is 390 g/mol. The molecule has 146 valence electrons. The summed E-state index contributed by atoms with van der Waals surface area (Å²) in [6.07, 6.45) is 3.69. The van der Waals surface area contributed by atoms with E-state index in [0.29, 0.717) is 24.5 Å². The predicted octanol–water partition coefficient (Wildman–Crippen LogP) is 2.38. The minimum atomic E-state index is -1.02. The largest absolute Gasteiger partial charge is 0.480 e. The van der Waals surface area contributed by atoms with Gasteiger partial charge in [-0.3, -0.25) is 9.59 Å². The van der Waals surface area contributed by atoms with E-state index in [9.17, 15) is 19.5 Å². The number of carboxylic acids is 1. The van der Waals surface area contributed by atoms with Crippen molar-refractivity contribution in [2.75, 3.05) is 11.6 Å². The Kier molecular flexibility index (Phi) is 6.42. The summed E-state index contributed by atoms with van der Waals surface area (Å²) in [4.78, 5) is 38.1. The zero-order valence-electron chi connectivity index (χ0n) is 15.5. The number of thioether (sulfide) groups is 1. The highest BCUT2D eigenvalue weighted by atomic mass is 32.2. The van der Waals surface area contributed by atoms with Crippen LogP contribution in [0.4, 0.5) is 0 Å². The summed E-state index contributed by atoms with van der Waals surface area (Å²) >= 11 is 1.52. The van der Waals surface area contributed by atoms with Gasteiger partial charge >= 0.3 is 5.97 Å². The molecular weight excluding hydrogens is 364 g/mol. The SMILES string of the molecule is CCC(=O)N1CSCC1C(=O)NC(CC1CCCc2ccccc21)C(=O)O. The molecule has 1 aromatic carbocycles. The van der Waals surface area contributed by atoms with Gasteiger partial charge in [0, 0.05) is 12.2 Å². The van der Waals surface area contributed by atoms with E-state index in [1.165, 1.54) is 22.9 Å². The molecule has 1 heterocycles. The molecule has 6 nitrogen and oxygen atoms in total. The molecule has 1 saturated heterocycles.